The highest BCUT2D eigenvalue weighted by Gasteiger charge is 2.71. The third kappa shape index (κ3) is 7.02. The number of carbonyl (C=O) groups is 1. The predicted octanol–water partition coefficient (Wildman–Crippen LogP) is 2.87. The van der Waals surface area contributed by atoms with Crippen LogP contribution in [-0.2, 0) is 42.7 Å². The van der Waals surface area contributed by atoms with Crippen LogP contribution in [0.25, 0.3) is 0 Å². The number of methoxy groups -OCH3 is 1. The lowest BCUT2D eigenvalue weighted by Gasteiger charge is -2.65. The maximum absolute atomic E-state index is 12.6. The molecule has 0 bridgehead atoms. The summed E-state index contributed by atoms with van der Waals surface area (Å²) >= 11 is 0. The number of hydrogen-bond donors (Lipinski definition) is 5. The summed E-state index contributed by atoms with van der Waals surface area (Å²) in [5, 5.41) is 57.3. The summed E-state index contributed by atoms with van der Waals surface area (Å²) in [4.78, 5) is 12.0. The molecule has 0 spiro atoms. The van der Waals surface area contributed by atoms with Crippen molar-refractivity contribution in [3.63, 3.8) is 0 Å². The summed E-state index contributed by atoms with van der Waals surface area (Å²) in [6, 6.07) is 0. The van der Waals surface area contributed by atoms with Crippen molar-refractivity contribution in [1.29, 1.82) is 0 Å². The molecule has 56 heavy (non-hydrogen) atoms. The Labute approximate surface area is 330 Å². The van der Waals surface area contributed by atoms with E-state index in [1.165, 1.54) is 7.11 Å². The molecule has 14 heteroatoms. The minimum Gasteiger partial charge on any atom is -0.458 e. The van der Waals surface area contributed by atoms with E-state index in [0.29, 0.717) is 18.8 Å². The lowest BCUT2D eigenvalue weighted by atomic mass is 9.42. The van der Waals surface area contributed by atoms with Gasteiger partial charge in [0.05, 0.1) is 54.4 Å². The Kier molecular flexibility index (Phi) is 11.6. The molecule has 8 rings (SSSR count). The summed E-state index contributed by atoms with van der Waals surface area (Å²) in [6.07, 6.45) is -0.0154. The fraction of sp³-hybridized carbons (Fsp3) is 0.929. The Hall–Kier alpha value is -1.27. The number of aliphatic hydroxyl groups is 5. The van der Waals surface area contributed by atoms with Gasteiger partial charge in [0, 0.05) is 37.9 Å². The fourth-order valence-electron chi connectivity index (χ4n) is 13.1. The number of fused-ring (bicyclic) bond motifs is 5. The topological polar surface area (TPSA) is 192 Å². The normalized spacial score (nSPS) is 54.8. The highest BCUT2D eigenvalue weighted by atomic mass is 16.7. The maximum atomic E-state index is 12.6. The van der Waals surface area contributed by atoms with Crippen LogP contribution < -0.4 is 0 Å². The molecule has 21 atom stereocenters. The van der Waals surface area contributed by atoms with Crippen molar-refractivity contribution in [1.82, 2.24) is 0 Å². The van der Waals surface area contributed by atoms with Crippen LogP contribution in [0.15, 0.2) is 11.6 Å². The van der Waals surface area contributed by atoms with Crippen LogP contribution in [0.1, 0.15) is 105 Å². The van der Waals surface area contributed by atoms with E-state index in [4.69, 9.17) is 37.9 Å². The molecule has 8 aliphatic rings. The van der Waals surface area contributed by atoms with Gasteiger partial charge >= 0.3 is 5.97 Å². The van der Waals surface area contributed by atoms with Crippen LogP contribution in [-0.4, -0.2) is 137 Å². The van der Waals surface area contributed by atoms with Crippen LogP contribution in [0.3, 0.4) is 0 Å². The number of cyclic esters (lactones) is 1. The molecule has 0 amide bonds. The van der Waals surface area contributed by atoms with Gasteiger partial charge in [-0.1, -0.05) is 13.8 Å². The van der Waals surface area contributed by atoms with Crippen molar-refractivity contribution in [3.05, 3.63) is 11.6 Å². The quantitative estimate of drug-likeness (QED) is 0.178. The average Bonchev–Trinajstić information content (AvgIpc) is 3.68. The Bertz CT molecular complexity index is 1430. The molecular weight excluding hydrogens is 728 g/mol. The smallest absolute Gasteiger partial charge is 0.331 e. The van der Waals surface area contributed by atoms with Gasteiger partial charge in [-0.2, -0.15) is 0 Å². The third-order valence-corrected chi connectivity index (χ3v) is 16.2. The predicted molar refractivity (Wildman–Crippen MR) is 197 cm³/mol. The standard InChI is InChI=1S/C42H66O14/c1-20-37(49-6)29(43)16-35(51-20)55-39-22(3)53-36(18-31(39)45)56-38-21(2)52-34(17-30(38)44)54-25-9-11-40(4)24(14-25)7-8-27-28(40)15-32(46)41(5)26(10-12-42(27,41)48)23-13-33(47)50-19-23/h13,20-22,24-32,34-39,43-46,48H,7-12,14-19H2,1-6H3/t20-,21+,22-,24+,25+,26-,27+,28-,29+,30+,31+,32-,34-,35-,36-,37-,38-,39-,40+,41-,42+/m0/s1. The molecule has 4 aliphatic carbocycles. The molecule has 7 fully saturated rings. The van der Waals surface area contributed by atoms with Crippen molar-refractivity contribution < 1.29 is 68.2 Å². The van der Waals surface area contributed by atoms with Gasteiger partial charge in [0.2, 0.25) is 0 Å². The molecule has 4 heterocycles. The molecule has 0 aromatic rings. The lowest BCUT2D eigenvalue weighted by molar-refractivity contribution is -0.336. The first-order chi connectivity index (χ1) is 26.5. The minimum absolute atomic E-state index is 0.0386. The molecule has 0 unspecified atom stereocenters. The van der Waals surface area contributed by atoms with Crippen molar-refractivity contribution >= 4 is 5.97 Å². The zero-order chi connectivity index (χ0) is 39.9. The first-order valence-corrected chi connectivity index (χ1v) is 21.3. The Balaban J connectivity index is 0.832. The number of rotatable bonds is 8. The Morgan fingerprint density at radius 2 is 1.27 bits per heavy atom. The van der Waals surface area contributed by atoms with Crippen molar-refractivity contribution in [3.8, 4) is 0 Å². The van der Waals surface area contributed by atoms with Crippen LogP contribution >= 0.6 is 0 Å². The first kappa shape index (κ1) is 41.5. The van der Waals surface area contributed by atoms with E-state index in [9.17, 15) is 30.3 Å². The molecule has 0 radical (unpaired) electrons. The summed E-state index contributed by atoms with van der Waals surface area (Å²) in [6.45, 7) is 10.1. The second-order valence-electron chi connectivity index (χ2n) is 19.0. The van der Waals surface area contributed by atoms with Crippen molar-refractivity contribution in [2.75, 3.05) is 13.7 Å². The van der Waals surface area contributed by atoms with Crippen LogP contribution in [0.2, 0.25) is 0 Å². The lowest BCUT2D eigenvalue weighted by Crippen LogP contribution is -2.67. The highest BCUT2D eigenvalue weighted by molar-refractivity contribution is 5.85. The van der Waals surface area contributed by atoms with E-state index in [0.717, 1.165) is 44.1 Å². The van der Waals surface area contributed by atoms with Crippen LogP contribution in [0, 0.1) is 34.5 Å². The SMILES string of the molecule is CO[C@@H]1[C@H](O)C[C@H](O[C@@H]2[C@H](O)C[C@H](O[C@@H]3[C@H](O)C[C@H](O[C@@H]4CC[C@]5(C)[C@H](CC[C@@H]6[C@@H]5C[C@H](O)[C@]5(C)[C@H](C7=CC(=O)OC7)CC[C@@]65O)C4)O[C@@H]3C)O[C@H]2C)O[C@H]1C. The second kappa shape index (κ2) is 15.6. The average molecular weight is 795 g/mol. The number of aliphatic hydroxyl groups excluding tert-OH is 4. The zero-order valence-electron chi connectivity index (χ0n) is 33.9. The molecule has 4 saturated carbocycles. The van der Waals surface area contributed by atoms with Gasteiger partial charge in [-0.15, -0.1) is 0 Å². The second-order valence-corrected chi connectivity index (χ2v) is 19.0. The molecule has 14 nitrogen and oxygen atoms in total. The minimum atomic E-state index is -1.01. The summed E-state index contributed by atoms with van der Waals surface area (Å²) < 4.78 is 47.8. The molecule has 5 N–H and O–H groups in total. The zero-order valence-corrected chi connectivity index (χ0v) is 33.9. The molecule has 318 valence electrons. The maximum Gasteiger partial charge on any atom is 0.331 e. The number of hydrogen-bond acceptors (Lipinski definition) is 14. The van der Waals surface area contributed by atoms with Gasteiger partial charge in [-0.3, -0.25) is 0 Å². The van der Waals surface area contributed by atoms with E-state index in [2.05, 4.69) is 6.92 Å². The highest BCUT2D eigenvalue weighted by Crippen LogP contribution is 2.70. The third-order valence-electron chi connectivity index (χ3n) is 16.2. The van der Waals surface area contributed by atoms with Gasteiger partial charge in [0.25, 0.3) is 0 Å². The summed E-state index contributed by atoms with van der Waals surface area (Å²) in [7, 11) is 1.53. The first-order valence-electron chi connectivity index (χ1n) is 21.3. The number of esters is 1. The van der Waals surface area contributed by atoms with Gasteiger partial charge in [0.15, 0.2) is 18.9 Å². The molecule has 3 saturated heterocycles. The van der Waals surface area contributed by atoms with Gasteiger partial charge in [0.1, 0.15) is 24.9 Å². The van der Waals surface area contributed by atoms with Gasteiger partial charge in [-0.25, -0.2) is 4.79 Å². The Morgan fingerprint density at radius 3 is 1.80 bits per heavy atom. The Morgan fingerprint density at radius 1 is 0.696 bits per heavy atom. The van der Waals surface area contributed by atoms with E-state index >= 15 is 0 Å². The summed E-state index contributed by atoms with van der Waals surface area (Å²) in [5.74, 6) is 0.223. The molecule has 0 aromatic heterocycles. The van der Waals surface area contributed by atoms with Crippen LogP contribution in [0.4, 0.5) is 0 Å². The van der Waals surface area contributed by atoms with E-state index in [-0.39, 0.29) is 67.2 Å². The number of ether oxygens (including phenoxy) is 8. The molecule has 4 aliphatic heterocycles. The van der Waals surface area contributed by atoms with Crippen molar-refractivity contribution in [2.24, 2.45) is 34.5 Å². The largest absolute Gasteiger partial charge is 0.458 e. The molecule has 0 aromatic carbocycles. The van der Waals surface area contributed by atoms with Gasteiger partial charge < -0.3 is 63.4 Å². The van der Waals surface area contributed by atoms with E-state index < -0.39 is 84.8 Å². The molecular formula is C42H66O14. The van der Waals surface area contributed by atoms with Crippen LogP contribution in [0.5, 0.6) is 0 Å². The van der Waals surface area contributed by atoms with E-state index in [1.807, 2.05) is 20.8 Å². The number of carbonyl (C=O) groups excluding carboxylic acids is 1. The summed E-state index contributed by atoms with van der Waals surface area (Å²) in [5.41, 5.74) is -0.877. The monoisotopic (exact) mass is 794 g/mol. The van der Waals surface area contributed by atoms with Gasteiger partial charge in [-0.05, 0) is 107 Å². The fourth-order valence-corrected chi connectivity index (χ4v) is 13.1. The van der Waals surface area contributed by atoms with Crippen molar-refractivity contribution in [2.45, 2.75) is 197 Å². The van der Waals surface area contributed by atoms with E-state index in [1.54, 1.807) is 13.0 Å².